The topological polar surface area (TPSA) is 65.3 Å². The van der Waals surface area contributed by atoms with Crippen molar-refractivity contribution in [3.8, 4) is 5.88 Å². The Balaban J connectivity index is 1.59. The summed E-state index contributed by atoms with van der Waals surface area (Å²) in [4.78, 5) is 6.94. The summed E-state index contributed by atoms with van der Waals surface area (Å²) in [6.45, 7) is 2.66. The molecule has 0 amide bonds. The van der Waals surface area contributed by atoms with E-state index in [2.05, 4.69) is 24.6 Å². The van der Waals surface area contributed by atoms with Crippen molar-refractivity contribution in [1.29, 1.82) is 0 Å². The normalized spacial score (nSPS) is 23.6. The van der Waals surface area contributed by atoms with Crippen LogP contribution >= 0.6 is 0 Å². The van der Waals surface area contributed by atoms with Crippen molar-refractivity contribution in [3.05, 3.63) is 35.5 Å². The van der Waals surface area contributed by atoms with Crippen molar-refractivity contribution in [2.24, 2.45) is 0 Å². The quantitative estimate of drug-likeness (QED) is 0.830. The number of ether oxygens (including phenoxy) is 2. The van der Waals surface area contributed by atoms with Crippen molar-refractivity contribution >= 4 is 0 Å². The molecular weight excluding hydrogens is 306 g/mol. The Kier molecular flexibility index (Phi) is 4.20. The van der Waals surface area contributed by atoms with Crippen LogP contribution in [-0.4, -0.2) is 51.5 Å². The van der Waals surface area contributed by atoms with Gasteiger partial charge >= 0.3 is 0 Å². The minimum Gasteiger partial charge on any atom is -0.481 e. The number of pyridine rings is 1. The lowest BCUT2D eigenvalue weighted by molar-refractivity contribution is 0.107. The van der Waals surface area contributed by atoms with Gasteiger partial charge in [0.2, 0.25) is 5.88 Å². The highest BCUT2D eigenvalue weighted by Crippen LogP contribution is 2.35. The zero-order valence-electron chi connectivity index (χ0n) is 14.2. The lowest BCUT2D eigenvalue weighted by atomic mass is 10.2. The molecule has 4 heterocycles. The second kappa shape index (κ2) is 6.49. The number of rotatable bonds is 5. The van der Waals surface area contributed by atoms with Crippen LogP contribution in [0.3, 0.4) is 0 Å². The van der Waals surface area contributed by atoms with Crippen LogP contribution in [-0.2, 0) is 24.2 Å². The maximum absolute atomic E-state index is 5.63. The number of aryl methyl sites for hydroxylation is 1. The van der Waals surface area contributed by atoms with Gasteiger partial charge in [0.15, 0.2) is 5.82 Å². The molecule has 2 aromatic rings. The van der Waals surface area contributed by atoms with Crippen molar-refractivity contribution in [2.45, 2.75) is 44.5 Å². The molecule has 1 saturated heterocycles. The third-order valence-corrected chi connectivity index (χ3v) is 4.99. The molecule has 2 aromatic heterocycles. The zero-order valence-corrected chi connectivity index (χ0v) is 14.2. The maximum atomic E-state index is 5.63. The average Bonchev–Trinajstić information content (AvgIpc) is 3.30. The van der Waals surface area contributed by atoms with Crippen LogP contribution in [0.1, 0.15) is 36.2 Å². The fourth-order valence-corrected chi connectivity index (χ4v) is 3.76. The zero-order chi connectivity index (χ0) is 16.5. The van der Waals surface area contributed by atoms with Gasteiger partial charge in [-0.2, -0.15) is 0 Å². The Morgan fingerprint density at radius 3 is 3.00 bits per heavy atom. The monoisotopic (exact) mass is 329 g/mol. The first kappa shape index (κ1) is 15.5. The average molecular weight is 329 g/mol. The molecule has 0 aromatic carbocycles. The highest BCUT2D eigenvalue weighted by atomic mass is 16.5. The number of hydrogen-bond donors (Lipinski definition) is 0. The minimum absolute atomic E-state index is 0.218. The number of likely N-dealkylation sites (tertiary alicyclic amines) is 1. The molecular formula is C17H23N5O2. The third-order valence-electron chi connectivity index (χ3n) is 4.99. The summed E-state index contributed by atoms with van der Waals surface area (Å²) in [6, 6.07) is 6.11. The third kappa shape index (κ3) is 2.78. The van der Waals surface area contributed by atoms with Crippen LogP contribution < -0.4 is 4.74 Å². The van der Waals surface area contributed by atoms with Gasteiger partial charge in [-0.05, 0) is 18.9 Å². The van der Waals surface area contributed by atoms with E-state index in [4.69, 9.17) is 9.47 Å². The second-order valence-corrected chi connectivity index (χ2v) is 6.44. The molecule has 2 aliphatic heterocycles. The Bertz CT molecular complexity index is 717. The minimum atomic E-state index is 0.218. The summed E-state index contributed by atoms with van der Waals surface area (Å²) in [7, 11) is 3.43. The molecule has 0 N–H and O–H groups in total. The molecule has 0 spiro atoms. The molecule has 0 bridgehead atoms. The largest absolute Gasteiger partial charge is 0.481 e. The smallest absolute Gasteiger partial charge is 0.213 e. The molecule has 7 nitrogen and oxygen atoms in total. The first-order chi connectivity index (χ1) is 11.8. The van der Waals surface area contributed by atoms with Gasteiger partial charge in [0.05, 0.1) is 24.9 Å². The molecule has 4 rings (SSSR count). The highest BCUT2D eigenvalue weighted by Gasteiger charge is 2.37. The van der Waals surface area contributed by atoms with Crippen LogP contribution in [0.5, 0.6) is 5.88 Å². The Morgan fingerprint density at radius 1 is 1.25 bits per heavy atom. The summed E-state index contributed by atoms with van der Waals surface area (Å²) >= 11 is 0. The highest BCUT2D eigenvalue weighted by molar-refractivity contribution is 5.16. The summed E-state index contributed by atoms with van der Waals surface area (Å²) < 4.78 is 13.2. The summed E-state index contributed by atoms with van der Waals surface area (Å²) in [5.41, 5.74) is 0.997. The van der Waals surface area contributed by atoms with E-state index < -0.39 is 0 Å². The molecule has 128 valence electrons. The van der Waals surface area contributed by atoms with E-state index in [9.17, 15) is 0 Å². The summed E-state index contributed by atoms with van der Waals surface area (Å²) in [5, 5.41) is 8.86. The van der Waals surface area contributed by atoms with Crippen molar-refractivity contribution in [1.82, 2.24) is 24.6 Å². The van der Waals surface area contributed by atoms with Gasteiger partial charge in [-0.15, -0.1) is 10.2 Å². The molecule has 1 fully saturated rings. The summed E-state index contributed by atoms with van der Waals surface area (Å²) in [5.74, 6) is 2.84. The van der Waals surface area contributed by atoms with Gasteiger partial charge in [0.1, 0.15) is 5.82 Å². The Hall–Kier alpha value is -1.99. The molecule has 2 atom stereocenters. The van der Waals surface area contributed by atoms with Crippen molar-refractivity contribution in [2.75, 3.05) is 20.8 Å². The molecule has 0 saturated carbocycles. The number of methoxy groups -OCH3 is 2. The van der Waals surface area contributed by atoms with Gasteiger partial charge < -0.3 is 14.0 Å². The van der Waals surface area contributed by atoms with Crippen molar-refractivity contribution in [3.63, 3.8) is 0 Å². The van der Waals surface area contributed by atoms with Gasteiger partial charge in [-0.1, -0.05) is 6.07 Å². The van der Waals surface area contributed by atoms with E-state index in [1.165, 1.54) is 0 Å². The van der Waals surface area contributed by atoms with E-state index in [1.807, 2.05) is 18.2 Å². The van der Waals surface area contributed by atoms with Crippen LogP contribution in [0.2, 0.25) is 0 Å². The first-order valence-electron chi connectivity index (χ1n) is 8.47. The van der Waals surface area contributed by atoms with E-state index in [1.54, 1.807) is 14.2 Å². The molecule has 0 unspecified atom stereocenters. The number of nitrogens with zero attached hydrogens (tertiary/aromatic N) is 5. The van der Waals surface area contributed by atoms with Crippen LogP contribution in [0, 0.1) is 0 Å². The fourth-order valence-electron chi connectivity index (χ4n) is 3.76. The number of hydrogen-bond acceptors (Lipinski definition) is 6. The van der Waals surface area contributed by atoms with Gasteiger partial charge in [0.25, 0.3) is 0 Å². The van der Waals surface area contributed by atoms with Gasteiger partial charge in [0, 0.05) is 39.2 Å². The van der Waals surface area contributed by atoms with E-state index in [0.717, 1.165) is 56.2 Å². The number of fused-ring (bicyclic) bond motifs is 1. The molecule has 2 aliphatic rings. The lowest BCUT2D eigenvalue weighted by Crippen LogP contribution is -2.27. The van der Waals surface area contributed by atoms with Crippen LogP contribution in [0.25, 0.3) is 0 Å². The second-order valence-electron chi connectivity index (χ2n) is 6.44. The molecule has 24 heavy (non-hydrogen) atoms. The SMILES string of the molecule is COc1cccc(CN2C[C@H](OC)C[C@H]2c2nnc3n2CCC3)n1. The van der Waals surface area contributed by atoms with E-state index in [-0.39, 0.29) is 12.1 Å². The molecule has 0 aliphatic carbocycles. The van der Waals surface area contributed by atoms with E-state index in [0.29, 0.717) is 5.88 Å². The fraction of sp³-hybridized carbons (Fsp3) is 0.588. The molecule has 0 radical (unpaired) electrons. The standard InChI is InChI=1S/C17H23N5O2/c1-23-13-9-14(17-20-19-15-6-4-8-22(15)17)21(11-13)10-12-5-3-7-16(18-12)24-2/h3,5,7,13-14H,4,6,8-11H2,1-2H3/t13-,14+/m1/s1. The Morgan fingerprint density at radius 2 is 2.17 bits per heavy atom. The summed E-state index contributed by atoms with van der Waals surface area (Å²) in [6.07, 6.45) is 3.36. The predicted molar refractivity (Wildman–Crippen MR) is 87.7 cm³/mol. The molecule has 7 heteroatoms. The lowest BCUT2D eigenvalue weighted by Gasteiger charge is -2.23. The van der Waals surface area contributed by atoms with Gasteiger partial charge in [-0.3, -0.25) is 4.90 Å². The predicted octanol–water partition coefficient (Wildman–Crippen LogP) is 1.59. The van der Waals surface area contributed by atoms with Crippen LogP contribution in [0.15, 0.2) is 18.2 Å². The Labute approximate surface area is 141 Å². The van der Waals surface area contributed by atoms with E-state index >= 15 is 0 Å². The van der Waals surface area contributed by atoms with Crippen molar-refractivity contribution < 1.29 is 9.47 Å². The van der Waals surface area contributed by atoms with Gasteiger partial charge in [-0.25, -0.2) is 4.98 Å². The maximum Gasteiger partial charge on any atom is 0.213 e. The first-order valence-corrected chi connectivity index (χ1v) is 8.47. The van der Waals surface area contributed by atoms with Crippen LogP contribution in [0.4, 0.5) is 0 Å². The number of aromatic nitrogens is 4.